The number of allylic oxidation sites excluding steroid dienone is 1. The normalized spacial score (nSPS) is 20.6. The molecule has 0 spiro atoms. The Morgan fingerprint density at radius 1 is 1.29 bits per heavy atom. The van der Waals surface area contributed by atoms with E-state index in [4.69, 9.17) is 11.6 Å². The number of nitrogens with zero attached hydrogens (tertiary/aromatic N) is 1. The van der Waals surface area contributed by atoms with Crippen molar-refractivity contribution in [2.24, 2.45) is 0 Å². The Kier molecular flexibility index (Phi) is 4.23. The van der Waals surface area contributed by atoms with Gasteiger partial charge in [0, 0.05) is 16.7 Å². The van der Waals surface area contributed by atoms with Crippen LogP contribution in [-0.2, 0) is 6.54 Å². The SMILES string of the molecule is CC[N+]1(Cc2ccc(Cl)cc2)C=CC(=O)c2cc(I)sc21. The third-order valence-corrected chi connectivity index (χ3v) is 6.12. The first-order chi connectivity index (χ1) is 10.0. The number of rotatable bonds is 3. The summed E-state index contributed by atoms with van der Waals surface area (Å²) in [5.74, 6) is 0.113. The summed E-state index contributed by atoms with van der Waals surface area (Å²) in [6.45, 7) is 3.91. The minimum Gasteiger partial charge on any atom is -0.289 e. The van der Waals surface area contributed by atoms with E-state index in [9.17, 15) is 4.79 Å². The molecule has 0 radical (unpaired) electrons. The van der Waals surface area contributed by atoms with Gasteiger partial charge >= 0.3 is 0 Å². The summed E-state index contributed by atoms with van der Waals surface area (Å²) in [7, 11) is 0. The van der Waals surface area contributed by atoms with Crippen LogP contribution in [0.2, 0.25) is 5.02 Å². The first-order valence-electron chi connectivity index (χ1n) is 6.69. The van der Waals surface area contributed by atoms with Gasteiger partial charge in [0.25, 0.3) is 0 Å². The van der Waals surface area contributed by atoms with Crippen molar-refractivity contribution in [1.29, 1.82) is 0 Å². The quantitative estimate of drug-likeness (QED) is 0.480. The molecule has 0 aliphatic carbocycles. The highest BCUT2D eigenvalue weighted by molar-refractivity contribution is 14.1. The highest BCUT2D eigenvalue weighted by Crippen LogP contribution is 2.41. The maximum absolute atomic E-state index is 12.1. The number of carbonyl (C=O) groups is 1. The van der Waals surface area contributed by atoms with Crippen molar-refractivity contribution in [1.82, 2.24) is 4.48 Å². The summed E-state index contributed by atoms with van der Waals surface area (Å²) in [6, 6.07) is 9.94. The van der Waals surface area contributed by atoms with Crippen LogP contribution in [0.15, 0.2) is 42.6 Å². The lowest BCUT2D eigenvalue weighted by Gasteiger charge is -2.34. The first-order valence-corrected chi connectivity index (χ1v) is 8.96. The van der Waals surface area contributed by atoms with Crippen molar-refractivity contribution < 1.29 is 4.79 Å². The Morgan fingerprint density at radius 2 is 2.00 bits per heavy atom. The van der Waals surface area contributed by atoms with Gasteiger partial charge in [-0.25, -0.2) is 0 Å². The molecular formula is C16H14ClINOS+. The fourth-order valence-electron chi connectivity index (χ4n) is 2.63. The second kappa shape index (κ2) is 5.83. The fourth-order valence-corrected chi connectivity index (χ4v) is 4.76. The predicted octanol–water partition coefficient (Wildman–Crippen LogP) is 5.24. The molecule has 108 valence electrons. The molecule has 1 aliphatic heterocycles. The van der Waals surface area contributed by atoms with Crippen LogP contribution in [0.3, 0.4) is 0 Å². The van der Waals surface area contributed by atoms with E-state index in [0.29, 0.717) is 4.48 Å². The molecule has 1 unspecified atom stereocenters. The van der Waals surface area contributed by atoms with Crippen molar-refractivity contribution in [3.63, 3.8) is 0 Å². The minimum absolute atomic E-state index is 0.113. The first kappa shape index (κ1) is 15.2. The van der Waals surface area contributed by atoms with E-state index in [1.54, 1.807) is 17.4 Å². The topological polar surface area (TPSA) is 17.1 Å². The van der Waals surface area contributed by atoms with Gasteiger partial charge < -0.3 is 0 Å². The van der Waals surface area contributed by atoms with Gasteiger partial charge in [0.05, 0.1) is 15.0 Å². The van der Waals surface area contributed by atoms with Crippen LogP contribution in [0.4, 0.5) is 5.00 Å². The number of quaternary nitrogens is 1. The Hall–Kier alpha value is -0.690. The van der Waals surface area contributed by atoms with Crippen LogP contribution in [0.5, 0.6) is 0 Å². The van der Waals surface area contributed by atoms with E-state index in [0.717, 1.165) is 31.6 Å². The molecule has 2 heterocycles. The number of thiophene rings is 1. The average molecular weight is 431 g/mol. The summed E-state index contributed by atoms with van der Waals surface area (Å²) in [6.07, 6.45) is 3.75. The molecule has 2 aromatic rings. The smallest absolute Gasteiger partial charge is 0.205 e. The molecule has 2 nitrogen and oxygen atoms in total. The molecule has 1 aliphatic rings. The Labute approximate surface area is 146 Å². The molecule has 0 amide bonds. The number of carbonyl (C=O) groups excluding carboxylic acids is 1. The van der Waals surface area contributed by atoms with E-state index in [1.807, 2.05) is 24.4 Å². The number of fused-ring (bicyclic) bond motifs is 1. The second-order valence-electron chi connectivity index (χ2n) is 5.08. The molecule has 3 rings (SSSR count). The zero-order valence-corrected chi connectivity index (χ0v) is 15.2. The summed E-state index contributed by atoms with van der Waals surface area (Å²) in [5, 5.41) is 1.89. The Bertz CT molecular complexity index is 722. The number of hydrogen-bond acceptors (Lipinski definition) is 2. The van der Waals surface area contributed by atoms with Crippen LogP contribution < -0.4 is 4.48 Å². The average Bonchev–Trinajstić information content (AvgIpc) is 2.88. The summed E-state index contributed by atoms with van der Waals surface area (Å²) in [5.41, 5.74) is 2.07. The molecule has 0 bridgehead atoms. The van der Waals surface area contributed by atoms with Crippen LogP contribution in [0.1, 0.15) is 22.8 Å². The van der Waals surface area contributed by atoms with Crippen LogP contribution >= 0.6 is 45.5 Å². The predicted molar refractivity (Wildman–Crippen MR) is 98.0 cm³/mol. The zero-order chi connectivity index (χ0) is 15.0. The largest absolute Gasteiger partial charge is 0.289 e. The maximum atomic E-state index is 12.1. The summed E-state index contributed by atoms with van der Waals surface area (Å²) >= 11 is 9.96. The van der Waals surface area contributed by atoms with E-state index in [-0.39, 0.29) is 5.78 Å². The lowest BCUT2D eigenvalue weighted by Crippen LogP contribution is -2.44. The zero-order valence-electron chi connectivity index (χ0n) is 11.5. The maximum Gasteiger partial charge on any atom is 0.205 e. The second-order valence-corrected chi connectivity index (χ2v) is 8.45. The monoisotopic (exact) mass is 430 g/mol. The summed E-state index contributed by atoms with van der Waals surface area (Å²) in [4.78, 5) is 12.1. The molecule has 1 aromatic carbocycles. The highest BCUT2D eigenvalue weighted by atomic mass is 127. The Balaban J connectivity index is 2.05. The van der Waals surface area contributed by atoms with E-state index < -0.39 is 0 Å². The summed E-state index contributed by atoms with van der Waals surface area (Å²) < 4.78 is 1.85. The van der Waals surface area contributed by atoms with Crippen LogP contribution in [0.25, 0.3) is 0 Å². The van der Waals surface area contributed by atoms with Crippen molar-refractivity contribution in [3.05, 3.63) is 61.6 Å². The number of hydrogen-bond donors (Lipinski definition) is 0. The molecular weight excluding hydrogens is 417 g/mol. The molecule has 1 atom stereocenters. The standard InChI is InChI=1S/C16H14ClINOS/c1-2-19(10-11-3-5-12(17)6-4-11)8-7-14(20)13-9-15(18)21-16(13)19/h3-9H,2,10H2,1H3/q+1. The molecule has 0 saturated heterocycles. The third kappa shape index (κ3) is 2.82. The van der Waals surface area contributed by atoms with Gasteiger partial charge in [0.15, 0.2) is 5.78 Å². The van der Waals surface area contributed by atoms with E-state index in [2.05, 4.69) is 41.6 Å². The van der Waals surface area contributed by atoms with Gasteiger partial charge in [0.1, 0.15) is 12.7 Å². The minimum atomic E-state index is 0.113. The lowest BCUT2D eigenvalue weighted by atomic mass is 10.1. The van der Waals surface area contributed by atoms with Crippen molar-refractivity contribution >= 4 is 56.3 Å². The molecule has 0 saturated carbocycles. The van der Waals surface area contributed by atoms with E-state index >= 15 is 0 Å². The molecule has 0 fully saturated rings. The molecule has 5 heteroatoms. The van der Waals surface area contributed by atoms with Gasteiger partial charge in [-0.3, -0.25) is 9.28 Å². The van der Waals surface area contributed by atoms with Crippen LogP contribution in [0, 0.1) is 2.88 Å². The van der Waals surface area contributed by atoms with Gasteiger partial charge in [-0.1, -0.05) is 35.1 Å². The fraction of sp³-hybridized carbons (Fsp3) is 0.188. The number of benzene rings is 1. The van der Waals surface area contributed by atoms with Gasteiger partial charge in [-0.05, 0) is 47.7 Å². The lowest BCUT2D eigenvalue weighted by molar-refractivity contribution is 0.103. The van der Waals surface area contributed by atoms with Crippen molar-refractivity contribution in [2.45, 2.75) is 13.5 Å². The molecule has 0 N–H and O–H groups in total. The van der Waals surface area contributed by atoms with Gasteiger partial charge in [-0.2, -0.15) is 0 Å². The van der Waals surface area contributed by atoms with Gasteiger partial charge in [-0.15, -0.1) is 0 Å². The Morgan fingerprint density at radius 3 is 2.67 bits per heavy atom. The molecule has 21 heavy (non-hydrogen) atoms. The third-order valence-electron chi connectivity index (χ3n) is 3.81. The van der Waals surface area contributed by atoms with Crippen LogP contribution in [-0.4, -0.2) is 12.3 Å². The highest BCUT2D eigenvalue weighted by Gasteiger charge is 2.37. The number of ketones is 1. The van der Waals surface area contributed by atoms with E-state index in [1.165, 1.54) is 5.56 Å². The number of halogens is 2. The molecule has 1 aromatic heterocycles. The van der Waals surface area contributed by atoms with Crippen molar-refractivity contribution in [3.8, 4) is 0 Å². The van der Waals surface area contributed by atoms with Gasteiger partial charge in [0.2, 0.25) is 5.00 Å². The van der Waals surface area contributed by atoms with Crippen molar-refractivity contribution in [2.75, 3.05) is 6.54 Å².